The Bertz CT molecular complexity index is 958. The minimum atomic E-state index is -0.356. The van der Waals surface area contributed by atoms with Crippen LogP contribution in [0.4, 0.5) is 0 Å². The van der Waals surface area contributed by atoms with Crippen molar-refractivity contribution >= 4 is 5.91 Å². The summed E-state index contributed by atoms with van der Waals surface area (Å²) in [7, 11) is 1.56. The lowest BCUT2D eigenvalue weighted by atomic mass is 10.2. The van der Waals surface area contributed by atoms with Crippen LogP contribution in [0.5, 0.6) is 11.5 Å². The molecular weight excluding hydrogens is 426 g/mol. The number of nitrogens with one attached hydrogen (secondary N) is 2. The molecule has 0 bridgehead atoms. The molecule has 0 saturated carbocycles. The molecule has 1 aliphatic heterocycles. The maximum absolute atomic E-state index is 12.5. The van der Waals surface area contributed by atoms with Crippen LogP contribution in [-0.2, 0) is 16.0 Å². The molecule has 180 valence electrons. The second kappa shape index (κ2) is 12.9. The van der Waals surface area contributed by atoms with Crippen molar-refractivity contribution in [2.75, 3.05) is 53.1 Å². The number of nitrogens with zero attached hydrogens (tertiary/aromatic N) is 3. The van der Waals surface area contributed by atoms with E-state index in [1.54, 1.807) is 25.3 Å². The highest BCUT2D eigenvalue weighted by molar-refractivity contribution is 5.76. The Morgan fingerprint density at radius 2 is 2.06 bits per heavy atom. The van der Waals surface area contributed by atoms with Gasteiger partial charge in [0.15, 0.2) is 17.3 Å². The summed E-state index contributed by atoms with van der Waals surface area (Å²) < 4.78 is 16.4. The number of methoxy groups -OCH3 is 1. The van der Waals surface area contributed by atoms with Crippen molar-refractivity contribution in [3.8, 4) is 22.9 Å². The van der Waals surface area contributed by atoms with Gasteiger partial charge in [-0.25, -0.2) is 0 Å². The molecule has 2 heterocycles. The van der Waals surface area contributed by atoms with Gasteiger partial charge < -0.3 is 24.5 Å². The summed E-state index contributed by atoms with van der Waals surface area (Å²) in [6.45, 7) is 7.58. The van der Waals surface area contributed by atoms with Crippen LogP contribution in [0.2, 0.25) is 0 Å². The van der Waals surface area contributed by atoms with Crippen LogP contribution >= 0.6 is 0 Å². The molecule has 2 N–H and O–H groups in total. The van der Waals surface area contributed by atoms with Gasteiger partial charge in [-0.1, -0.05) is 6.92 Å². The number of amides is 1. The topological polar surface area (TPSA) is 119 Å². The van der Waals surface area contributed by atoms with E-state index in [0.29, 0.717) is 36.0 Å². The molecule has 33 heavy (non-hydrogen) atoms. The van der Waals surface area contributed by atoms with E-state index in [2.05, 4.69) is 25.4 Å². The van der Waals surface area contributed by atoms with Crippen molar-refractivity contribution in [2.24, 2.45) is 0 Å². The van der Waals surface area contributed by atoms with Crippen LogP contribution in [-0.4, -0.2) is 79.1 Å². The van der Waals surface area contributed by atoms with E-state index >= 15 is 0 Å². The van der Waals surface area contributed by atoms with Crippen molar-refractivity contribution < 1.29 is 19.0 Å². The molecule has 1 aromatic carbocycles. The Kier molecular flexibility index (Phi) is 9.64. The molecule has 1 aliphatic rings. The first kappa shape index (κ1) is 24.7. The summed E-state index contributed by atoms with van der Waals surface area (Å²) in [6, 6.07) is 5.31. The molecule has 0 radical (unpaired) electrons. The number of ether oxygens (including phenoxy) is 3. The zero-order valence-electron chi connectivity index (χ0n) is 19.4. The minimum absolute atomic E-state index is 0.102. The van der Waals surface area contributed by atoms with Crippen molar-refractivity contribution in [1.82, 2.24) is 25.4 Å². The first-order chi connectivity index (χ1) is 16.1. The molecule has 2 aromatic rings. The highest BCUT2D eigenvalue weighted by atomic mass is 16.5. The summed E-state index contributed by atoms with van der Waals surface area (Å²) in [5.74, 6) is 1.41. The standard InChI is InChI=1S/C23H33N5O5/c1-3-13-33-19-7-5-17(16-20(19)31-2)22-25-23(30)18(26-27-22)6-8-21(29)24-9-4-10-28-11-14-32-15-12-28/h5,7,16H,3-4,6,8-15H2,1-2H3,(H,24,29)(H,25,27,30). The summed E-state index contributed by atoms with van der Waals surface area (Å²) in [5.41, 5.74) is 0.535. The minimum Gasteiger partial charge on any atom is -0.493 e. The lowest BCUT2D eigenvalue weighted by Gasteiger charge is -2.26. The van der Waals surface area contributed by atoms with E-state index in [-0.39, 0.29) is 30.0 Å². The van der Waals surface area contributed by atoms with E-state index in [1.807, 2.05) is 6.92 Å². The number of hydrogen-bond acceptors (Lipinski definition) is 8. The average molecular weight is 460 g/mol. The average Bonchev–Trinajstić information content (AvgIpc) is 2.85. The summed E-state index contributed by atoms with van der Waals surface area (Å²) in [6.07, 6.45) is 2.18. The van der Waals surface area contributed by atoms with Gasteiger partial charge in [0.25, 0.3) is 5.56 Å². The van der Waals surface area contributed by atoms with Crippen LogP contribution < -0.4 is 20.3 Å². The lowest BCUT2D eigenvalue weighted by Crippen LogP contribution is -2.38. The van der Waals surface area contributed by atoms with Gasteiger partial charge in [-0.15, -0.1) is 10.2 Å². The molecule has 0 spiro atoms. The Hall–Kier alpha value is -2.98. The molecule has 1 saturated heterocycles. The number of aromatic nitrogens is 3. The molecule has 10 nitrogen and oxygen atoms in total. The van der Waals surface area contributed by atoms with Gasteiger partial charge in [-0.2, -0.15) is 0 Å². The fourth-order valence-electron chi connectivity index (χ4n) is 3.48. The van der Waals surface area contributed by atoms with Gasteiger partial charge in [-0.3, -0.25) is 14.5 Å². The van der Waals surface area contributed by atoms with Gasteiger partial charge in [0.1, 0.15) is 5.69 Å². The zero-order chi connectivity index (χ0) is 23.5. The molecule has 1 fully saturated rings. The zero-order valence-corrected chi connectivity index (χ0v) is 19.4. The number of hydrogen-bond donors (Lipinski definition) is 2. The molecule has 0 unspecified atom stereocenters. The Morgan fingerprint density at radius 3 is 2.79 bits per heavy atom. The van der Waals surface area contributed by atoms with Gasteiger partial charge in [0.05, 0.1) is 26.9 Å². The largest absolute Gasteiger partial charge is 0.493 e. The van der Waals surface area contributed by atoms with Crippen molar-refractivity contribution in [3.05, 3.63) is 34.2 Å². The van der Waals surface area contributed by atoms with Crippen LogP contribution in [0, 0.1) is 0 Å². The molecule has 1 amide bonds. The van der Waals surface area contributed by atoms with Crippen molar-refractivity contribution in [1.29, 1.82) is 0 Å². The number of aryl methyl sites for hydroxylation is 1. The Balaban J connectivity index is 1.49. The SMILES string of the molecule is CCCOc1ccc(-c2nnc(CCC(=O)NCCCN3CCOCC3)c(=O)[nH]2)cc1OC. The van der Waals surface area contributed by atoms with Crippen LogP contribution in [0.1, 0.15) is 31.9 Å². The normalized spacial score (nSPS) is 14.1. The van der Waals surface area contributed by atoms with Crippen LogP contribution in [0.25, 0.3) is 11.4 Å². The van der Waals surface area contributed by atoms with E-state index in [0.717, 1.165) is 45.7 Å². The summed E-state index contributed by atoms with van der Waals surface area (Å²) in [4.78, 5) is 29.6. The maximum atomic E-state index is 12.5. The number of morpholine rings is 1. The molecule has 3 rings (SSSR count). The predicted molar refractivity (Wildman–Crippen MR) is 124 cm³/mol. The van der Waals surface area contributed by atoms with E-state index < -0.39 is 0 Å². The second-order valence-corrected chi connectivity index (χ2v) is 7.82. The lowest BCUT2D eigenvalue weighted by molar-refractivity contribution is -0.121. The highest BCUT2D eigenvalue weighted by Gasteiger charge is 2.13. The first-order valence-electron chi connectivity index (χ1n) is 11.4. The third-order valence-electron chi connectivity index (χ3n) is 5.33. The number of carbonyl (C=O) groups excluding carboxylic acids is 1. The maximum Gasteiger partial charge on any atom is 0.273 e. The van der Waals surface area contributed by atoms with Gasteiger partial charge in [-0.05, 0) is 37.6 Å². The predicted octanol–water partition coefficient (Wildman–Crippen LogP) is 1.40. The monoisotopic (exact) mass is 459 g/mol. The van der Waals surface area contributed by atoms with E-state index in [1.165, 1.54) is 0 Å². The third kappa shape index (κ3) is 7.54. The number of aromatic amines is 1. The molecule has 0 atom stereocenters. The smallest absolute Gasteiger partial charge is 0.273 e. The number of benzene rings is 1. The fourth-order valence-corrected chi connectivity index (χ4v) is 3.48. The van der Waals surface area contributed by atoms with Crippen LogP contribution in [0.3, 0.4) is 0 Å². The van der Waals surface area contributed by atoms with Gasteiger partial charge >= 0.3 is 0 Å². The van der Waals surface area contributed by atoms with E-state index in [9.17, 15) is 9.59 Å². The van der Waals surface area contributed by atoms with E-state index in [4.69, 9.17) is 14.2 Å². The van der Waals surface area contributed by atoms with Crippen molar-refractivity contribution in [2.45, 2.75) is 32.6 Å². The quantitative estimate of drug-likeness (QED) is 0.457. The number of H-pyrrole nitrogens is 1. The Labute approximate surface area is 193 Å². The number of carbonyl (C=O) groups is 1. The fraction of sp³-hybridized carbons (Fsp3) is 0.565. The molecule has 0 aliphatic carbocycles. The number of rotatable bonds is 12. The first-order valence-corrected chi connectivity index (χ1v) is 11.4. The summed E-state index contributed by atoms with van der Waals surface area (Å²) in [5, 5.41) is 11.1. The highest BCUT2D eigenvalue weighted by Crippen LogP contribution is 2.31. The van der Waals surface area contributed by atoms with Gasteiger partial charge in [0, 0.05) is 38.0 Å². The molecular formula is C23H33N5O5. The second-order valence-electron chi connectivity index (χ2n) is 7.82. The van der Waals surface area contributed by atoms with Crippen molar-refractivity contribution in [3.63, 3.8) is 0 Å². The Morgan fingerprint density at radius 1 is 1.24 bits per heavy atom. The van der Waals surface area contributed by atoms with Gasteiger partial charge in [0.2, 0.25) is 5.91 Å². The summed E-state index contributed by atoms with van der Waals surface area (Å²) >= 11 is 0. The molecule has 1 aromatic heterocycles. The third-order valence-corrected chi connectivity index (χ3v) is 5.33. The van der Waals surface area contributed by atoms with Crippen LogP contribution in [0.15, 0.2) is 23.0 Å². The molecule has 10 heteroatoms.